The quantitative estimate of drug-likeness (QED) is 0.804. The van der Waals surface area contributed by atoms with Crippen LogP contribution >= 0.6 is 0 Å². The van der Waals surface area contributed by atoms with Gasteiger partial charge < -0.3 is 9.64 Å². The summed E-state index contributed by atoms with van der Waals surface area (Å²) in [6.07, 6.45) is 6.43. The fourth-order valence-electron chi connectivity index (χ4n) is 4.69. The zero-order chi connectivity index (χ0) is 18.8. The molecular formula is C22H29N5O. The Kier molecular flexibility index (Phi) is 5.25. The average molecular weight is 380 g/mol. The Labute approximate surface area is 167 Å². The number of piperazine rings is 1. The molecule has 0 atom stereocenters. The molecule has 2 aromatic rings. The van der Waals surface area contributed by atoms with Gasteiger partial charge in [-0.1, -0.05) is 24.3 Å². The highest BCUT2D eigenvalue weighted by Gasteiger charge is 2.29. The molecule has 2 aliphatic heterocycles. The van der Waals surface area contributed by atoms with Crippen LogP contribution in [0.4, 0.5) is 5.95 Å². The molecule has 28 heavy (non-hydrogen) atoms. The smallest absolute Gasteiger partial charge is 0.225 e. The number of morpholine rings is 1. The first-order valence-corrected chi connectivity index (χ1v) is 10.5. The first-order chi connectivity index (χ1) is 13.8. The molecule has 1 aromatic carbocycles. The lowest BCUT2D eigenvalue weighted by Crippen LogP contribution is -2.50. The van der Waals surface area contributed by atoms with Gasteiger partial charge in [0, 0.05) is 69.8 Å². The van der Waals surface area contributed by atoms with Crippen LogP contribution in [0.2, 0.25) is 0 Å². The number of fused-ring (bicyclic) bond motifs is 1. The number of ether oxygens (including phenoxy) is 1. The second kappa shape index (κ2) is 8.15. The van der Waals surface area contributed by atoms with E-state index in [0.717, 1.165) is 65.0 Å². The first-order valence-electron chi connectivity index (χ1n) is 10.5. The summed E-state index contributed by atoms with van der Waals surface area (Å²) in [6.45, 7) is 8.80. The summed E-state index contributed by atoms with van der Waals surface area (Å²) in [5.74, 6) is 0.831. The van der Waals surface area contributed by atoms with Crippen LogP contribution in [0.3, 0.4) is 0 Å². The third kappa shape index (κ3) is 3.90. The van der Waals surface area contributed by atoms with Gasteiger partial charge in [-0.3, -0.25) is 9.80 Å². The molecule has 0 saturated carbocycles. The first kappa shape index (κ1) is 18.0. The third-order valence-corrected chi connectivity index (χ3v) is 6.34. The molecule has 1 aliphatic carbocycles. The second-order valence-corrected chi connectivity index (χ2v) is 8.13. The lowest BCUT2D eigenvalue weighted by Gasteiger charge is -2.38. The van der Waals surface area contributed by atoms with E-state index in [9.17, 15) is 0 Å². The van der Waals surface area contributed by atoms with Crippen LogP contribution in [0.25, 0.3) is 0 Å². The van der Waals surface area contributed by atoms with Crippen molar-refractivity contribution in [3.05, 3.63) is 53.3 Å². The van der Waals surface area contributed by atoms with Gasteiger partial charge in [-0.05, 0) is 24.0 Å². The molecule has 2 saturated heterocycles. The Morgan fingerprint density at radius 1 is 0.857 bits per heavy atom. The van der Waals surface area contributed by atoms with Gasteiger partial charge in [-0.2, -0.15) is 0 Å². The van der Waals surface area contributed by atoms with E-state index in [4.69, 9.17) is 4.74 Å². The van der Waals surface area contributed by atoms with Crippen molar-refractivity contribution in [2.75, 3.05) is 57.4 Å². The number of anilines is 1. The zero-order valence-electron chi connectivity index (χ0n) is 16.5. The minimum absolute atomic E-state index is 0.690. The van der Waals surface area contributed by atoms with Crippen LogP contribution < -0.4 is 4.90 Å². The van der Waals surface area contributed by atoms with Crippen LogP contribution in [0.5, 0.6) is 0 Å². The standard InChI is InChI=1S/C22H29N5O/c1-2-4-20-14-21(13-19(20)3-1)26-7-5-25(6-8-26)17-18-15-23-22(24-16-18)27-9-11-28-12-10-27/h1-4,15-16,21H,5-14,17H2. The van der Waals surface area contributed by atoms with Crippen molar-refractivity contribution in [2.45, 2.75) is 25.4 Å². The van der Waals surface area contributed by atoms with Crippen LogP contribution in [0, 0.1) is 0 Å². The molecule has 3 aliphatic rings. The predicted octanol–water partition coefficient (Wildman–Crippen LogP) is 1.60. The summed E-state index contributed by atoms with van der Waals surface area (Å²) < 4.78 is 5.40. The maximum absolute atomic E-state index is 5.40. The molecular weight excluding hydrogens is 350 g/mol. The maximum atomic E-state index is 5.40. The molecule has 0 spiro atoms. The van der Waals surface area contributed by atoms with E-state index in [1.54, 1.807) is 11.1 Å². The number of aromatic nitrogens is 2. The molecule has 0 unspecified atom stereocenters. The van der Waals surface area contributed by atoms with Crippen molar-refractivity contribution in [2.24, 2.45) is 0 Å². The summed E-state index contributed by atoms with van der Waals surface area (Å²) in [7, 11) is 0. The maximum Gasteiger partial charge on any atom is 0.225 e. The topological polar surface area (TPSA) is 44.7 Å². The monoisotopic (exact) mass is 379 g/mol. The number of benzene rings is 1. The van der Waals surface area contributed by atoms with Crippen molar-refractivity contribution in [1.29, 1.82) is 0 Å². The molecule has 0 bridgehead atoms. The Balaban J connectivity index is 1.12. The van der Waals surface area contributed by atoms with E-state index in [0.29, 0.717) is 6.04 Å². The van der Waals surface area contributed by atoms with Crippen LogP contribution in [-0.2, 0) is 24.1 Å². The van der Waals surface area contributed by atoms with E-state index in [1.165, 1.54) is 18.4 Å². The highest BCUT2D eigenvalue weighted by molar-refractivity contribution is 5.33. The van der Waals surface area contributed by atoms with E-state index in [2.05, 4.69) is 48.9 Å². The summed E-state index contributed by atoms with van der Waals surface area (Å²) >= 11 is 0. The van der Waals surface area contributed by atoms with Gasteiger partial charge in [0.15, 0.2) is 0 Å². The predicted molar refractivity (Wildman–Crippen MR) is 110 cm³/mol. The Morgan fingerprint density at radius 2 is 1.50 bits per heavy atom. The van der Waals surface area contributed by atoms with E-state index in [1.807, 2.05) is 12.4 Å². The SMILES string of the molecule is c1ccc2c(c1)CC(N1CCN(Cc3cnc(N4CCOCC4)nc3)CC1)C2. The summed E-state index contributed by atoms with van der Waals surface area (Å²) in [5, 5.41) is 0. The summed E-state index contributed by atoms with van der Waals surface area (Å²) in [5.41, 5.74) is 4.30. The van der Waals surface area contributed by atoms with E-state index in [-0.39, 0.29) is 0 Å². The number of nitrogens with zero attached hydrogens (tertiary/aromatic N) is 5. The Hall–Kier alpha value is -2.02. The normalized spacial score (nSPS) is 21.8. The average Bonchev–Trinajstić information content (AvgIpc) is 3.20. The molecule has 0 N–H and O–H groups in total. The molecule has 5 rings (SSSR count). The fraction of sp³-hybridized carbons (Fsp3) is 0.545. The van der Waals surface area contributed by atoms with Crippen molar-refractivity contribution < 1.29 is 4.74 Å². The zero-order valence-corrected chi connectivity index (χ0v) is 16.5. The molecule has 3 heterocycles. The van der Waals surface area contributed by atoms with E-state index >= 15 is 0 Å². The molecule has 0 radical (unpaired) electrons. The second-order valence-electron chi connectivity index (χ2n) is 8.13. The largest absolute Gasteiger partial charge is 0.378 e. The van der Waals surface area contributed by atoms with Crippen molar-refractivity contribution in [3.63, 3.8) is 0 Å². The lowest BCUT2D eigenvalue weighted by molar-refractivity contribution is 0.0948. The van der Waals surface area contributed by atoms with Gasteiger partial charge in [0.25, 0.3) is 0 Å². The third-order valence-electron chi connectivity index (χ3n) is 6.34. The van der Waals surface area contributed by atoms with Gasteiger partial charge in [-0.25, -0.2) is 9.97 Å². The minimum Gasteiger partial charge on any atom is -0.378 e. The van der Waals surface area contributed by atoms with Gasteiger partial charge in [0.1, 0.15) is 0 Å². The summed E-state index contributed by atoms with van der Waals surface area (Å²) in [6, 6.07) is 9.63. The highest BCUT2D eigenvalue weighted by Crippen LogP contribution is 2.26. The molecule has 0 amide bonds. The molecule has 6 nitrogen and oxygen atoms in total. The molecule has 148 valence electrons. The van der Waals surface area contributed by atoms with Crippen LogP contribution in [0.1, 0.15) is 16.7 Å². The van der Waals surface area contributed by atoms with Crippen molar-refractivity contribution >= 4 is 5.95 Å². The molecule has 2 fully saturated rings. The summed E-state index contributed by atoms with van der Waals surface area (Å²) in [4.78, 5) is 16.6. The van der Waals surface area contributed by atoms with Gasteiger partial charge >= 0.3 is 0 Å². The minimum atomic E-state index is 0.690. The fourth-order valence-corrected chi connectivity index (χ4v) is 4.69. The number of hydrogen-bond donors (Lipinski definition) is 0. The van der Waals surface area contributed by atoms with Crippen molar-refractivity contribution in [3.8, 4) is 0 Å². The Bertz CT molecular complexity index is 757. The number of hydrogen-bond acceptors (Lipinski definition) is 6. The lowest BCUT2D eigenvalue weighted by atomic mass is 10.1. The van der Waals surface area contributed by atoms with Crippen LogP contribution in [-0.4, -0.2) is 78.3 Å². The van der Waals surface area contributed by atoms with Gasteiger partial charge in [-0.15, -0.1) is 0 Å². The molecule has 6 heteroatoms. The number of rotatable bonds is 4. The van der Waals surface area contributed by atoms with Gasteiger partial charge in [0.05, 0.1) is 13.2 Å². The van der Waals surface area contributed by atoms with E-state index < -0.39 is 0 Å². The van der Waals surface area contributed by atoms with Gasteiger partial charge in [0.2, 0.25) is 5.95 Å². The van der Waals surface area contributed by atoms with Crippen LogP contribution in [0.15, 0.2) is 36.7 Å². The van der Waals surface area contributed by atoms with Crippen molar-refractivity contribution in [1.82, 2.24) is 19.8 Å². The highest BCUT2D eigenvalue weighted by atomic mass is 16.5. The Morgan fingerprint density at radius 3 is 2.14 bits per heavy atom. The molecule has 1 aromatic heterocycles.